The van der Waals surface area contributed by atoms with Crippen LogP contribution in [-0.4, -0.2) is 4.98 Å². The summed E-state index contributed by atoms with van der Waals surface area (Å²) in [5.41, 5.74) is 2.81. The third-order valence-electron chi connectivity index (χ3n) is 1.94. The summed E-state index contributed by atoms with van der Waals surface area (Å²) in [4.78, 5) is 4.10. The molecule has 1 aromatic heterocycles. The lowest BCUT2D eigenvalue weighted by Gasteiger charge is -2.09. The monoisotopic (exact) mass is 149 g/mol. The number of hydrogen-bond donors (Lipinski definition) is 0. The van der Waals surface area contributed by atoms with E-state index in [1.807, 2.05) is 12.4 Å². The van der Waals surface area contributed by atoms with Gasteiger partial charge in [0, 0.05) is 12.4 Å². The Morgan fingerprint density at radius 2 is 2.18 bits per heavy atom. The Balaban J connectivity index is 3.02. The molecule has 60 valence electrons. The highest BCUT2D eigenvalue weighted by Crippen LogP contribution is 2.17. The van der Waals surface area contributed by atoms with Crippen LogP contribution in [0.25, 0.3) is 0 Å². The number of hydrogen-bond acceptors (Lipinski definition) is 1. The summed E-state index contributed by atoms with van der Waals surface area (Å²) >= 11 is 0. The zero-order valence-electron chi connectivity index (χ0n) is 7.46. The van der Waals surface area contributed by atoms with Crippen molar-refractivity contribution >= 4 is 0 Å². The summed E-state index contributed by atoms with van der Waals surface area (Å²) in [6.45, 7) is 6.60. The van der Waals surface area contributed by atoms with Gasteiger partial charge in [0.15, 0.2) is 0 Å². The van der Waals surface area contributed by atoms with Crippen molar-refractivity contribution in [3.63, 3.8) is 0 Å². The molecule has 0 aromatic carbocycles. The Morgan fingerprint density at radius 3 is 2.64 bits per heavy atom. The van der Waals surface area contributed by atoms with Crippen LogP contribution in [0.15, 0.2) is 18.5 Å². The fourth-order valence-corrected chi connectivity index (χ4v) is 1.30. The normalized spacial score (nSPS) is 10.5. The molecule has 0 aliphatic rings. The molecule has 1 aromatic rings. The molecule has 0 spiro atoms. The predicted molar refractivity (Wildman–Crippen MR) is 47.7 cm³/mol. The third kappa shape index (κ3) is 1.79. The van der Waals surface area contributed by atoms with Gasteiger partial charge in [0.2, 0.25) is 0 Å². The van der Waals surface area contributed by atoms with E-state index in [0.29, 0.717) is 5.92 Å². The van der Waals surface area contributed by atoms with Crippen molar-refractivity contribution in [1.29, 1.82) is 0 Å². The molecule has 0 unspecified atom stereocenters. The molecule has 1 heterocycles. The first kappa shape index (κ1) is 8.25. The van der Waals surface area contributed by atoms with Crippen LogP contribution < -0.4 is 0 Å². The molecular weight excluding hydrogens is 134 g/mol. The van der Waals surface area contributed by atoms with E-state index in [0.717, 1.165) is 6.42 Å². The van der Waals surface area contributed by atoms with Crippen molar-refractivity contribution in [3.8, 4) is 0 Å². The third-order valence-corrected chi connectivity index (χ3v) is 1.94. The minimum atomic E-state index is 0.618. The lowest BCUT2D eigenvalue weighted by Crippen LogP contribution is -1.95. The first-order valence-electron chi connectivity index (χ1n) is 4.18. The second-order valence-electron chi connectivity index (χ2n) is 3.08. The van der Waals surface area contributed by atoms with Crippen LogP contribution >= 0.6 is 0 Å². The van der Waals surface area contributed by atoms with Crippen LogP contribution in [0, 0.1) is 0 Å². The Hall–Kier alpha value is -0.850. The largest absolute Gasteiger partial charge is 0.264 e. The second-order valence-corrected chi connectivity index (χ2v) is 3.08. The summed E-state index contributed by atoms with van der Waals surface area (Å²) in [6.07, 6.45) is 4.92. The lowest BCUT2D eigenvalue weighted by atomic mass is 9.98. The van der Waals surface area contributed by atoms with E-state index < -0.39 is 0 Å². The molecule has 1 heteroatoms. The summed E-state index contributed by atoms with van der Waals surface area (Å²) in [6, 6.07) is 2.11. The van der Waals surface area contributed by atoms with Gasteiger partial charge in [0.05, 0.1) is 0 Å². The van der Waals surface area contributed by atoms with Crippen LogP contribution in [0.1, 0.15) is 37.8 Å². The summed E-state index contributed by atoms with van der Waals surface area (Å²) < 4.78 is 0. The van der Waals surface area contributed by atoms with Crippen LogP contribution in [0.5, 0.6) is 0 Å². The minimum absolute atomic E-state index is 0.618. The SMILES string of the molecule is CCc1cnccc1C(C)C. The molecule has 0 aliphatic heterocycles. The first-order chi connectivity index (χ1) is 5.25. The molecule has 0 aliphatic carbocycles. The molecule has 1 nitrogen and oxygen atoms in total. The quantitative estimate of drug-likeness (QED) is 0.630. The number of rotatable bonds is 2. The van der Waals surface area contributed by atoms with E-state index in [4.69, 9.17) is 0 Å². The highest BCUT2D eigenvalue weighted by Gasteiger charge is 2.02. The van der Waals surface area contributed by atoms with E-state index in [1.54, 1.807) is 0 Å². The highest BCUT2D eigenvalue weighted by atomic mass is 14.6. The van der Waals surface area contributed by atoms with Crippen LogP contribution in [-0.2, 0) is 6.42 Å². The first-order valence-corrected chi connectivity index (χ1v) is 4.18. The molecule has 1 rings (SSSR count). The van der Waals surface area contributed by atoms with Gasteiger partial charge < -0.3 is 0 Å². The second kappa shape index (κ2) is 3.51. The van der Waals surface area contributed by atoms with E-state index in [2.05, 4.69) is 31.8 Å². The molecule has 0 N–H and O–H groups in total. The lowest BCUT2D eigenvalue weighted by molar-refractivity contribution is 0.838. The van der Waals surface area contributed by atoms with Crippen molar-refractivity contribution in [2.24, 2.45) is 0 Å². The zero-order valence-corrected chi connectivity index (χ0v) is 7.46. The predicted octanol–water partition coefficient (Wildman–Crippen LogP) is 2.77. The Kier molecular flexibility index (Phi) is 2.64. The molecule has 0 saturated carbocycles. The standard InChI is InChI=1S/C10H15N/c1-4-9-7-11-6-5-10(9)8(2)3/h5-8H,4H2,1-3H3. The zero-order chi connectivity index (χ0) is 8.27. The topological polar surface area (TPSA) is 12.9 Å². The molecule has 0 amide bonds. The van der Waals surface area contributed by atoms with Gasteiger partial charge in [0.25, 0.3) is 0 Å². The average Bonchev–Trinajstić information content (AvgIpc) is 2.04. The maximum atomic E-state index is 4.10. The van der Waals surface area contributed by atoms with Gasteiger partial charge in [0.1, 0.15) is 0 Å². The number of aryl methyl sites for hydroxylation is 1. The van der Waals surface area contributed by atoms with E-state index in [-0.39, 0.29) is 0 Å². The Labute approximate surface area is 68.5 Å². The van der Waals surface area contributed by atoms with Crippen LogP contribution in [0.2, 0.25) is 0 Å². The summed E-state index contributed by atoms with van der Waals surface area (Å²) in [5.74, 6) is 0.618. The molecule has 0 bridgehead atoms. The van der Waals surface area contributed by atoms with Gasteiger partial charge >= 0.3 is 0 Å². The average molecular weight is 149 g/mol. The highest BCUT2D eigenvalue weighted by molar-refractivity contribution is 5.25. The number of pyridine rings is 1. The van der Waals surface area contributed by atoms with E-state index in [9.17, 15) is 0 Å². The maximum Gasteiger partial charge on any atom is 0.0302 e. The van der Waals surface area contributed by atoms with E-state index in [1.165, 1.54) is 11.1 Å². The molecule has 0 atom stereocenters. The molecule has 11 heavy (non-hydrogen) atoms. The van der Waals surface area contributed by atoms with Crippen molar-refractivity contribution < 1.29 is 0 Å². The smallest absolute Gasteiger partial charge is 0.0302 e. The van der Waals surface area contributed by atoms with Gasteiger partial charge in [-0.25, -0.2) is 0 Å². The molecule has 0 fully saturated rings. The van der Waals surface area contributed by atoms with Crippen molar-refractivity contribution in [1.82, 2.24) is 4.98 Å². The van der Waals surface area contributed by atoms with E-state index >= 15 is 0 Å². The molecular formula is C10H15N. The summed E-state index contributed by atoms with van der Waals surface area (Å²) in [5, 5.41) is 0. The molecule has 0 saturated heterocycles. The van der Waals surface area contributed by atoms with Crippen LogP contribution in [0.3, 0.4) is 0 Å². The minimum Gasteiger partial charge on any atom is -0.264 e. The van der Waals surface area contributed by atoms with Gasteiger partial charge in [-0.3, -0.25) is 4.98 Å². The van der Waals surface area contributed by atoms with Crippen molar-refractivity contribution in [3.05, 3.63) is 29.6 Å². The number of aromatic nitrogens is 1. The van der Waals surface area contributed by atoms with Crippen molar-refractivity contribution in [2.45, 2.75) is 33.1 Å². The number of nitrogens with zero attached hydrogens (tertiary/aromatic N) is 1. The van der Waals surface area contributed by atoms with Crippen molar-refractivity contribution in [2.75, 3.05) is 0 Å². The fraction of sp³-hybridized carbons (Fsp3) is 0.500. The Morgan fingerprint density at radius 1 is 1.45 bits per heavy atom. The van der Waals surface area contributed by atoms with Gasteiger partial charge in [-0.2, -0.15) is 0 Å². The summed E-state index contributed by atoms with van der Waals surface area (Å²) in [7, 11) is 0. The van der Waals surface area contributed by atoms with Crippen LogP contribution in [0.4, 0.5) is 0 Å². The fourth-order valence-electron chi connectivity index (χ4n) is 1.30. The van der Waals surface area contributed by atoms with Gasteiger partial charge in [-0.05, 0) is 29.5 Å². The Bertz CT molecular complexity index is 228. The maximum absolute atomic E-state index is 4.10. The van der Waals surface area contributed by atoms with Gasteiger partial charge in [-0.15, -0.1) is 0 Å². The molecule has 0 radical (unpaired) electrons. The van der Waals surface area contributed by atoms with Gasteiger partial charge in [-0.1, -0.05) is 20.8 Å².